The molecular weight excluding hydrogens is 240 g/mol. The first-order valence-corrected chi connectivity index (χ1v) is 8.30. The van der Waals surface area contributed by atoms with Crippen molar-refractivity contribution in [3.63, 3.8) is 0 Å². The zero-order chi connectivity index (χ0) is 12.6. The fourth-order valence-electron chi connectivity index (χ4n) is 1.58. The zero-order valence-electron chi connectivity index (χ0n) is 11.1. The minimum atomic E-state index is -2.51. The van der Waals surface area contributed by atoms with Crippen molar-refractivity contribution >= 4 is 8.80 Å². The van der Waals surface area contributed by atoms with E-state index >= 15 is 0 Å². The first kappa shape index (κ1) is 15.1. The van der Waals surface area contributed by atoms with Crippen LogP contribution in [0.2, 0.25) is 6.04 Å². The topological polar surface area (TPSA) is 49.5 Å². The first-order chi connectivity index (χ1) is 8.26. The summed E-state index contributed by atoms with van der Waals surface area (Å²) in [6, 6.07) is 0.704. The van der Waals surface area contributed by atoms with Gasteiger partial charge in [-0.25, -0.2) is 0 Å². The van der Waals surface area contributed by atoms with Crippen LogP contribution in [0.15, 0.2) is 0 Å². The molecular formula is C11H24O5Si. The van der Waals surface area contributed by atoms with E-state index in [1.807, 2.05) is 20.8 Å². The van der Waals surface area contributed by atoms with Crippen LogP contribution in [0.1, 0.15) is 20.8 Å². The van der Waals surface area contributed by atoms with Crippen molar-refractivity contribution in [2.75, 3.05) is 39.6 Å². The third-order valence-corrected chi connectivity index (χ3v) is 5.35. The average molecular weight is 264 g/mol. The van der Waals surface area contributed by atoms with Gasteiger partial charge in [0, 0.05) is 25.9 Å². The van der Waals surface area contributed by atoms with E-state index in [0.717, 1.165) is 6.61 Å². The molecule has 5 nitrogen and oxygen atoms in total. The highest BCUT2D eigenvalue weighted by molar-refractivity contribution is 6.60. The van der Waals surface area contributed by atoms with Crippen LogP contribution in [-0.2, 0) is 22.8 Å². The van der Waals surface area contributed by atoms with Crippen molar-refractivity contribution in [3.05, 3.63) is 0 Å². The third-order valence-electron chi connectivity index (χ3n) is 2.35. The van der Waals surface area contributed by atoms with Gasteiger partial charge in [-0.2, -0.15) is 0 Å². The second-order valence-corrected chi connectivity index (χ2v) is 6.49. The normalized spacial score (nSPS) is 19.6. The summed E-state index contributed by atoms with van der Waals surface area (Å²) >= 11 is 0. The summed E-state index contributed by atoms with van der Waals surface area (Å²) in [6.07, 6.45) is 0.303. The molecule has 0 bridgehead atoms. The molecule has 0 radical (unpaired) electrons. The van der Waals surface area contributed by atoms with Crippen LogP contribution in [0.5, 0.6) is 0 Å². The van der Waals surface area contributed by atoms with E-state index in [1.165, 1.54) is 0 Å². The van der Waals surface area contributed by atoms with Crippen molar-refractivity contribution in [2.45, 2.75) is 32.9 Å². The molecule has 0 N–H and O–H groups in total. The van der Waals surface area contributed by atoms with Crippen LogP contribution in [0.25, 0.3) is 0 Å². The summed E-state index contributed by atoms with van der Waals surface area (Å²) in [4.78, 5) is 0. The number of rotatable bonds is 11. The molecule has 0 spiro atoms. The van der Waals surface area contributed by atoms with Crippen LogP contribution in [0, 0.1) is 0 Å². The van der Waals surface area contributed by atoms with E-state index in [2.05, 4.69) is 0 Å². The van der Waals surface area contributed by atoms with Gasteiger partial charge in [-0.1, -0.05) is 0 Å². The average Bonchev–Trinajstić information content (AvgIpc) is 3.09. The largest absolute Gasteiger partial charge is 0.503 e. The summed E-state index contributed by atoms with van der Waals surface area (Å²) in [7, 11) is -2.51. The molecule has 1 heterocycles. The first-order valence-electron chi connectivity index (χ1n) is 6.37. The third kappa shape index (κ3) is 5.94. The van der Waals surface area contributed by atoms with Crippen molar-refractivity contribution < 1.29 is 22.8 Å². The second-order valence-electron chi connectivity index (χ2n) is 3.76. The smallest absolute Gasteiger partial charge is 0.379 e. The molecule has 1 fully saturated rings. The minimum Gasteiger partial charge on any atom is -0.379 e. The predicted octanol–water partition coefficient (Wildman–Crippen LogP) is 1.45. The number of ether oxygens (including phenoxy) is 2. The lowest BCUT2D eigenvalue weighted by Gasteiger charge is -2.28. The summed E-state index contributed by atoms with van der Waals surface area (Å²) < 4.78 is 27.7. The van der Waals surface area contributed by atoms with Crippen LogP contribution >= 0.6 is 0 Å². The Balaban J connectivity index is 2.29. The summed E-state index contributed by atoms with van der Waals surface area (Å²) in [5.74, 6) is 0. The molecule has 0 aromatic rings. The van der Waals surface area contributed by atoms with Gasteiger partial charge in [0.2, 0.25) is 0 Å². The Morgan fingerprint density at radius 3 is 2.00 bits per heavy atom. The standard InChI is InChI=1S/C11H24O5Si/c1-4-14-17(15-5-2,16-6-3)8-7-12-9-11-10-13-11/h11H,4-10H2,1-3H3/t11-/m1/s1. The Kier molecular flexibility index (Phi) is 7.25. The number of hydrogen-bond donors (Lipinski definition) is 0. The highest BCUT2D eigenvalue weighted by atomic mass is 28.4. The van der Waals surface area contributed by atoms with Gasteiger partial charge < -0.3 is 22.8 Å². The van der Waals surface area contributed by atoms with E-state index in [-0.39, 0.29) is 0 Å². The number of hydrogen-bond acceptors (Lipinski definition) is 5. The van der Waals surface area contributed by atoms with Crippen molar-refractivity contribution in [1.82, 2.24) is 0 Å². The van der Waals surface area contributed by atoms with E-state index in [1.54, 1.807) is 0 Å². The quantitative estimate of drug-likeness (QED) is 0.321. The van der Waals surface area contributed by atoms with Gasteiger partial charge in [-0.05, 0) is 20.8 Å². The van der Waals surface area contributed by atoms with Gasteiger partial charge in [-0.3, -0.25) is 0 Å². The Labute approximate surface area is 105 Å². The lowest BCUT2D eigenvalue weighted by Crippen LogP contribution is -2.46. The summed E-state index contributed by atoms with van der Waals surface area (Å²) in [5.41, 5.74) is 0. The SMILES string of the molecule is CCO[Si](CCOC[C@@H]1CO1)(OCC)OCC. The molecule has 1 aliphatic heterocycles. The molecule has 1 aliphatic rings. The molecule has 1 rings (SSSR count). The fraction of sp³-hybridized carbons (Fsp3) is 1.00. The molecule has 0 saturated carbocycles. The van der Waals surface area contributed by atoms with E-state index in [9.17, 15) is 0 Å². The molecule has 6 heteroatoms. The van der Waals surface area contributed by atoms with Crippen molar-refractivity contribution in [2.24, 2.45) is 0 Å². The van der Waals surface area contributed by atoms with Gasteiger partial charge in [0.05, 0.1) is 19.8 Å². The maximum Gasteiger partial charge on any atom is 0.503 e. The van der Waals surface area contributed by atoms with Gasteiger partial charge in [0.1, 0.15) is 6.10 Å². The van der Waals surface area contributed by atoms with Crippen LogP contribution in [-0.4, -0.2) is 54.5 Å². The van der Waals surface area contributed by atoms with Gasteiger partial charge in [0.25, 0.3) is 0 Å². The molecule has 0 aromatic heterocycles. The van der Waals surface area contributed by atoms with E-state index < -0.39 is 8.80 Å². The Morgan fingerprint density at radius 1 is 1.06 bits per heavy atom. The number of epoxide rings is 1. The molecule has 17 heavy (non-hydrogen) atoms. The van der Waals surface area contributed by atoms with Crippen LogP contribution in [0.3, 0.4) is 0 Å². The predicted molar refractivity (Wildman–Crippen MR) is 66.0 cm³/mol. The van der Waals surface area contributed by atoms with E-state index in [0.29, 0.717) is 45.2 Å². The highest BCUT2D eigenvalue weighted by Gasteiger charge is 2.40. The summed E-state index contributed by atoms with van der Waals surface area (Å²) in [5, 5.41) is 0. The Bertz CT molecular complexity index is 181. The monoisotopic (exact) mass is 264 g/mol. The lowest BCUT2D eigenvalue weighted by molar-refractivity contribution is 0.0556. The minimum absolute atomic E-state index is 0.303. The maximum absolute atomic E-state index is 5.72. The van der Waals surface area contributed by atoms with Crippen LogP contribution in [0.4, 0.5) is 0 Å². The van der Waals surface area contributed by atoms with Gasteiger partial charge >= 0.3 is 8.80 Å². The van der Waals surface area contributed by atoms with Crippen molar-refractivity contribution in [1.29, 1.82) is 0 Å². The molecule has 0 amide bonds. The molecule has 0 unspecified atom stereocenters. The zero-order valence-corrected chi connectivity index (χ0v) is 12.1. The molecule has 0 aromatic carbocycles. The maximum atomic E-state index is 5.72. The van der Waals surface area contributed by atoms with Gasteiger partial charge in [0.15, 0.2) is 0 Å². The van der Waals surface area contributed by atoms with Crippen molar-refractivity contribution in [3.8, 4) is 0 Å². The molecule has 1 saturated heterocycles. The highest BCUT2D eigenvalue weighted by Crippen LogP contribution is 2.17. The molecule has 0 aliphatic carbocycles. The second kappa shape index (κ2) is 8.18. The fourth-order valence-corrected chi connectivity index (χ4v) is 3.97. The van der Waals surface area contributed by atoms with Crippen LogP contribution < -0.4 is 0 Å². The van der Waals surface area contributed by atoms with Gasteiger partial charge in [-0.15, -0.1) is 0 Å². The lowest BCUT2D eigenvalue weighted by atomic mass is 10.5. The molecule has 102 valence electrons. The summed E-state index contributed by atoms with van der Waals surface area (Å²) in [6.45, 7) is 9.79. The Hall–Kier alpha value is 0.0169. The van der Waals surface area contributed by atoms with E-state index in [4.69, 9.17) is 22.8 Å². The Morgan fingerprint density at radius 2 is 1.59 bits per heavy atom. The molecule has 1 atom stereocenters.